The van der Waals surface area contributed by atoms with E-state index < -0.39 is 5.97 Å². The quantitative estimate of drug-likeness (QED) is 0.872. The molecule has 0 radical (unpaired) electrons. The van der Waals surface area contributed by atoms with E-state index in [4.69, 9.17) is 4.42 Å². The zero-order chi connectivity index (χ0) is 13.8. The summed E-state index contributed by atoms with van der Waals surface area (Å²) in [5.74, 6) is -0.183. The number of rotatable bonds is 4. The molecule has 1 aromatic heterocycles. The van der Waals surface area contributed by atoms with E-state index in [0.29, 0.717) is 22.3 Å². The Balaban J connectivity index is 2.00. The first-order valence-corrected chi connectivity index (χ1v) is 6.24. The number of carbonyl (C=O) groups is 1. The molecule has 1 aromatic carbocycles. The van der Waals surface area contributed by atoms with Crippen molar-refractivity contribution in [3.63, 3.8) is 0 Å². The normalized spacial score (nSPS) is 10.3. The van der Waals surface area contributed by atoms with Gasteiger partial charge in [-0.3, -0.25) is 0 Å². The van der Waals surface area contributed by atoms with Crippen LogP contribution in [0.4, 0.5) is 10.1 Å². The van der Waals surface area contributed by atoms with Gasteiger partial charge >= 0.3 is 5.97 Å². The molecule has 2 aromatic rings. The second-order valence-electron chi connectivity index (χ2n) is 3.78. The lowest BCUT2D eigenvalue weighted by Gasteiger charge is -2.05. The highest BCUT2D eigenvalue weighted by Crippen LogP contribution is 2.20. The minimum atomic E-state index is -0.445. The van der Waals surface area contributed by atoms with Crippen molar-refractivity contribution in [2.45, 2.75) is 6.54 Å². The molecule has 2 rings (SSSR count). The van der Waals surface area contributed by atoms with E-state index in [1.54, 1.807) is 18.2 Å². The third kappa shape index (κ3) is 3.35. The van der Waals surface area contributed by atoms with Gasteiger partial charge in [-0.05, 0) is 40.2 Å². The molecule has 0 saturated heterocycles. The van der Waals surface area contributed by atoms with Crippen molar-refractivity contribution in [1.29, 1.82) is 0 Å². The van der Waals surface area contributed by atoms with Crippen LogP contribution in [0.25, 0.3) is 0 Å². The van der Waals surface area contributed by atoms with Gasteiger partial charge in [0.1, 0.15) is 17.8 Å². The van der Waals surface area contributed by atoms with Crippen LogP contribution in [0.15, 0.2) is 39.4 Å². The van der Waals surface area contributed by atoms with E-state index in [1.807, 2.05) is 0 Å². The Labute approximate surface area is 117 Å². The number of furan rings is 1. The molecule has 0 spiro atoms. The van der Waals surface area contributed by atoms with Crippen LogP contribution in [0.2, 0.25) is 0 Å². The third-order valence-corrected chi connectivity index (χ3v) is 3.07. The van der Waals surface area contributed by atoms with Crippen LogP contribution in [0.1, 0.15) is 16.1 Å². The SMILES string of the molecule is COC(=O)c1coc(CNc2ccc(F)c(Br)c2)c1. The molecule has 0 fully saturated rings. The molecule has 19 heavy (non-hydrogen) atoms. The van der Waals surface area contributed by atoms with Crippen LogP contribution in [0.5, 0.6) is 0 Å². The number of nitrogens with one attached hydrogen (secondary N) is 1. The van der Waals surface area contributed by atoms with Crippen LogP contribution in [0.3, 0.4) is 0 Å². The molecule has 6 heteroatoms. The minimum Gasteiger partial charge on any atom is -0.467 e. The fourth-order valence-electron chi connectivity index (χ4n) is 1.49. The van der Waals surface area contributed by atoms with Gasteiger partial charge in [-0.15, -0.1) is 0 Å². The maximum absolute atomic E-state index is 13.0. The molecule has 1 N–H and O–H groups in total. The van der Waals surface area contributed by atoms with Crippen molar-refractivity contribution in [3.05, 3.63) is 52.1 Å². The van der Waals surface area contributed by atoms with Crippen molar-refractivity contribution in [3.8, 4) is 0 Å². The Kier molecular flexibility index (Phi) is 4.21. The smallest absolute Gasteiger partial charge is 0.341 e. The summed E-state index contributed by atoms with van der Waals surface area (Å²) in [4.78, 5) is 11.2. The maximum atomic E-state index is 13.0. The average Bonchev–Trinajstić information content (AvgIpc) is 2.88. The average molecular weight is 328 g/mol. The van der Waals surface area contributed by atoms with Crippen molar-refractivity contribution < 1.29 is 18.3 Å². The summed E-state index contributed by atoms with van der Waals surface area (Å²) >= 11 is 3.11. The minimum absolute atomic E-state index is 0.323. The Morgan fingerprint density at radius 3 is 2.95 bits per heavy atom. The third-order valence-electron chi connectivity index (χ3n) is 2.46. The lowest BCUT2D eigenvalue weighted by molar-refractivity contribution is 0.0600. The zero-order valence-electron chi connectivity index (χ0n) is 10.1. The molecule has 0 amide bonds. The number of halogens is 2. The van der Waals surface area contributed by atoms with Crippen LogP contribution in [-0.2, 0) is 11.3 Å². The summed E-state index contributed by atoms with van der Waals surface area (Å²) in [6, 6.07) is 6.19. The van der Waals surface area contributed by atoms with E-state index in [1.165, 1.54) is 19.4 Å². The monoisotopic (exact) mass is 327 g/mol. The van der Waals surface area contributed by atoms with Crippen molar-refractivity contribution in [2.24, 2.45) is 0 Å². The Hall–Kier alpha value is -1.82. The molecule has 0 aliphatic carbocycles. The van der Waals surface area contributed by atoms with Gasteiger partial charge in [0.05, 0.1) is 23.7 Å². The highest BCUT2D eigenvalue weighted by atomic mass is 79.9. The molecule has 0 aliphatic heterocycles. The Bertz CT molecular complexity index is 597. The van der Waals surface area contributed by atoms with E-state index in [-0.39, 0.29) is 5.82 Å². The molecule has 0 aliphatic rings. The van der Waals surface area contributed by atoms with Gasteiger partial charge in [0.15, 0.2) is 0 Å². The summed E-state index contributed by atoms with van der Waals surface area (Å²) in [6.07, 6.45) is 1.34. The number of methoxy groups -OCH3 is 1. The first kappa shape index (κ1) is 13.6. The van der Waals surface area contributed by atoms with Crippen LogP contribution in [0, 0.1) is 5.82 Å². The number of hydrogen-bond donors (Lipinski definition) is 1. The number of hydrogen-bond acceptors (Lipinski definition) is 4. The zero-order valence-corrected chi connectivity index (χ0v) is 11.7. The molecule has 0 bridgehead atoms. The summed E-state index contributed by atoms with van der Waals surface area (Å²) in [6.45, 7) is 0.384. The summed E-state index contributed by atoms with van der Waals surface area (Å²) < 4.78 is 23.2. The standard InChI is InChI=1S/C13H11BrFNO3/c1-18-13(17)8-4-10(19-7-8)6-16-9-2-3-12(15)11(14)5-9/h2-5,7,16H,6H2,1H3. The van der Waals surface area contributed by atoms with Crippen molar-refractivity contribution in [2.75, 3.05) is 12.4 Å². The predicted molar refractivity (Wildman–Crippen MR) is 71.5 cm³/mol. The van der Waals surface area contributed by atoms with E-state index >= 15 is 0 Å². The molecule has 4 nitrogen and oxygen atoms in total. The second kappa shape index (κ2) is 5.88. The summed E-state index contributed by atoms with van der Waals surface area (Å²) in [5, 5.41) is 3.06. The Morgan fingerprint density at radius 2 is 2.26 bits per heavy atom. The van der Waals surface area contributed by atoms with E-state index in [9.17, 15) is 9.18 Å². The highest BCUT2D eigenvalue weighted by molar-refractivity contribution is 9.10. The largest absolute Gasteiger partial charge is 0.467 e. The van der Waals surface area contributed by atoms with Gasteiger partial charge in [0.25, 0.3) is 0 Å². The Morgan fingerprint density at radius 1 is 1.47 bits per heavy atom. The molecule has 0 atom stereocenters. The molecular formula is C13H11BrFNO3. The van der Waals surface area contributed by atoms with Gasteiger partial charge in [0.2, 0.25) is 0 Å². The van der Waals surface area contributed by atoms with Crippen LogP contribution >= 0.6 is 15.9 Å². The fraction of sp³-hybridized carbons (Fsp3) is 0.154. The molecule has 100 valence electrons. The first-order valence-electron chi connectivity index (χ1n) is 5.45. The number of carbonyl (C=O) groups excluding carboxylic acids is 1. The number of ether oxygens (including phenoxy) is 1. The van der Waals surface area contributed by atoms with Gasteiger partial charge in [0, 0.05) is 5.69 Å². The van der Waals surface area contributed by atoms with Crippen LogP contribution in [-0.4, -0.2) is 13.1 Å². The lowest BCUT2D eigenvalue weighted by atomic mass is 10.3. The summed E-state index contributed by atoms with van der Waals surface area (Å²) in [5.41, 5.74) is 1.10. The topological polar surface area (TPSA) is 51.5 Å². The van der Waals surface area contributed by atoms with Gasteiger partial charge in [-0.2, -0.15) is 0 Å². The van der Waals surface area contributed by atoms with Gasteiger partial charge in [-0.1, -0.05) is 0 Å². The van der Waals surface area contributed by atoms with Crippen molar-refractivity contribution in [1.82, 2.24) is 0 Å². The molecule has 0 unspecified atom stereocenters. The van der Waals surface area contributed by atoms with Gasteiger partial charge in [-0.25, -0.2) is 9.18 Å². The molecule has 0 saturated carbocycles. The number of esters is 1. The van der Waals surface area contributed by atoms with Gasteiger partial charge < -0.3 is 14.5 Å². The molecule has 1 heterocycles. The van der Waals surface area contributed by atoms with Crippen molar-refractivity contribution >= 4 is 27.6 Å². The predicted octanol–water partition coefficient (Wildman–Crippen LogP) is 3.58. The number of anilines is 1. The molecular weight excluding hydrogens is 317 g/mol. The summed E-state index contributed by atoms with van der Waals surface area (Å²) in [7, 11) is 1.31. The lowest BCUT2D eigenvalue weighted by Crippen LogP contribution is -2.00. The highest BCUT2D eigenvalue weighted by Gasteiger charge is 2.10. The van der Waals surface area contributed by atoms with Crippen LogP contribution < -0.4 is 5.32 Å². The fourth-order valence-corrected chi connectivity index (χ4v) is 1.87. The second-order valence-corrected chi connectivity index (χ2v) is 4.63. The van der Waals surface area contributed by atoms with E-state index in [0.717, 1.165) is 5.69 Å². The maximum Gasteiger partial charge on any atom is 0.341 e. The van der Waals surface area contributed by atoms with E-state index in [2.05, 4.69) is 26.0 Å². The first-order chi connectivity index (χ1) is 9.10. The number of benzene rings is 1.